The number of hydrazine groups is 1. The Morgan fingerprint density at radius 1 is 0.941 bits per heavy atom. The third-order valence-electron chi connectivity index (χ3n) is 6.31. The summed E-state index contributed by atoms with van der Waals surface area (Å²) in [6, 6.07) is 17.6. The van der Waals surface area contributed by atoms with Gasteiger partial charge in [-0.05, 0) is 48.9 Å². The molecule has 34 heavy (non-hydrogen) atoms. The number of para-hydroxylation sites is 2. The molecule has 2 aliphatic rings. The highest BCUT2D eigenvalue weighted by molar-refractivity contribution is 6.25. The molecule has 8 heteroatoms. The first-order valence-corrected chi connectivity index (χ1v) is 10.8. The van der Waals surface area contributed by atoms with E-state index in [2.05, 4.69) is 5.43 Å². The Morgan fingerprint density at radius 2 is 1.62 bits per heavy atom. The maximum absolute atomic E-state index is 13.7. The van der Waals surface area contributed by atoms with E-state index in [-0.39, 0.29) is 0 Å². The Balaban J connectivity index is 1.59. The number of aryl methyl sites for hydroxylation is 1. The first-order chi connectivity index (χ1) is 16.4. The van der Waals surface area contributed by atoms with E-state index in [0.29, 0.717) is 22.6 Å². The van der Waals surface area contributed by atoms with Crippen LogP contribution in [0.25, 0.3) is 0 Å². The van der Waals surface area contributed by atoms with E-state index in [1.165, 1.54) is 24.3 Å². The summed E-state index contributed by atoms with van der Waals surface area (Å²) in [5, 5.41) is 1.24. The smallest absolute Gasteiger partial charge is 0.268 e. The molecule has 7 nitrogen and oxygen atoms in total. The molecule has 0 saturated carbocycles. The number of imide groups is 1. The van der Waals surface area contributed by atoms with Gasteiger partial charge in [0.15, 0.2) is 0 Å². The van der Waals surface area contributed by atoms with Crippen molar-refractivity contribution in [2.75, 3.05) is 12.0 Å². The molecule has 0 aliphatic carbocycles. The molecule has 3 aromatic rings. The van der Waals surface area contributed by atoms with Crippen molar-refractivity contribution in [3.05, 3.63) is 95.3 Å². The van der Waals surface area contributed by atoms with E-state index in [0.717, 1.165) is 10.5 Å². The molecule has 0 unspecified atom stereocenters. The number of anilines is 1. The SMILES string of the molecule is COc1ccccc1N1C(=O)[C@@H]2[C@H](c3ccc(F)cc3)NN(C(=O)c3ccc(C)cc3)[C@H]2C1=O. The number of hydrogen-bond acceptors (Lipinski definition) is 5. The summed E-state index contributed by atoms with van der Waals surface area (Å²) in [6.07, 6.45) is 0. The van der Waals surface area contributed by atoms with Gasteiger partial charge in [0.05, 0.1) is 24.8 Å². The van der Waals surface area contributed by atoms with Crippen LogP contribution in [-0.2, 0) is 9.59 Å². The number of carbonyl (C=O) groups excluding carboxylic acids is 3. The summed E-state index contributed by atoms with van der Waals surface area (Å²) in [5.74, 6) is -2.36. The average Bonchev–Trinajstić information content (AvgIpc) is 3.36. The lowest BCUT2D eigenvalue weighted by Crippen LogP contribution is -2.48. The topological polar surface area (TPSA) is 79.0 Å². The van der Waals surface area contributed by atoms with Crippen molar-refractivity contribution < 1.29 is 23.5 Å². The molecule has 2 saturated heterocycles. The predicted molar refractivity (Wildman–Crippen MR) is 122 cm³/mol. The molecule has 0 spiro atoms. The van der Waals surface area contributed by atoms with Crippen molar-refractivity contribution in [1.29, 1.82) is 0 Å². The Hall–Kier alpha value is -4.04. The zero-order valence-electron chi connectivity index (χ0n) is 18.6. The quantitative estimate of drug-likeness (QED) is 0.605. The molecule has 2 aliphatic heterocycles. The van der Waals surface area contributed by atoms with Crippen molar-refractivity contribution in [2.24, 2.45) is 5.92 Å². The minimum absolute atomic E-state index is 0.315. The van der Waals surface area contributed by atoms with Gasteiger partial charge in [-0.15, -0.1) is 0 Å². The Morgan fingerprint density at radius 3 is 2.29 bits per heavy atom. The number of fused-ring (bicyclic) bond motifs is 1. The van der Waals surface area contributed by atoms with Crippen molar-refractivity contribution in [2.45, 2.75) is 19.0 Å². The molecule has 172 valence electrons. The maximum atomic E-state index is 13.7. The minimum atomic E-state index is -1.07. The minimum Gasteiger partial charge on any atom is -0.495 e. The van der Waals surface area contributed by atoms with Crippen molar-refractivity contribution in [1.82, 2.24) is 10.4 Å². The highest BCUT2D eigenvalue weighted by Crippen LogP contribution is 2.44. The van der Waals surface area contributed by atoms with E-state index < -0.39 is 41.5 Å². The van der Waals surface area contributed by atoms with Crippen LogP contribution in [0.1, 0.15) is 27.5 Å². The maximum Gasteiger partial charge on any atom is 0.268 e. The number of halogens is 1. The van der Waals surface area contributed by atoms with Gasteiger partial charge in [-0.3, -0.25) is 19.4 Å². The molecule has 0 radical (unpaired) electrons. The van der Waals surface area contributed by atoms with Gasteiger partial charge in [-0.2, -0.15) is 0 Å². The molecular weight excluding hydrogens is 437 g/mol. The summed E-state index contributed by atoms with van der Waals surface area (Å²) >= 11 is 0. The van der Waals surface area contributed by atoms with Gasteiger partial charge in [0.25, 0.3) is 11.8 Å². The fraction of sp³-hybridized carbons (Fsp3) is 0.192. The lowest BCUT2D eigenvalue weighted by molar-refractivity contribution is -0.123. The number of nitrogens with one attached hydrogen (secondary N) is 1. The van der Waals surface area contributed by atoms with E-state index >= 15 is 0 Å². The van der Waals surface area contributed by atoms with Crippen LogP contribution in [0.4, 0.5) is 10.1 Å². The summed E-state index contributed by atoms with van der Waals surface area (Å²) in [6.45, 7) is 1.91. The molecule has 3 aromatic carbocycles. The van der Waals surface area contributed by atoms with Crippen LogP contribution >= 0.6 is 0 Å². The highest BCUT2D eigenvalue weighted by Gasteiger charge is 2.60. The van der Waals surface area contributed by atoms with Crippen LogP contribution in [0.5, 0.6) is 5.75 Å². The fourth-order valence-corrected chi connectivity index (χ4v) is 4.61. The normalized spacial score (nSPS) is 21.7. The van der Waals surface area contributed by atoms with Crippen molar-refractivity contribution in [3.8, 4) is 5.75 Å². The number of amides is 3. The van der Waals surface area contributed by atoms with E-state index in [4.69, 9.17) is 4.74 Å². The number of benzene rings is 3. The van der Waals surface area contributed by atoms with Crippen molar-refractivity contribution >= 4 is 23.4 Å². The molecular formula is C26H22FN3O4. The summed E-state index contributed by atoms with van der Waals surface area (Å²) in [5.41, 5.74) is 5.35. The molecule has 0 bridgehead atoms. The molecule has 5 rings (SSSR count). The third-order valence-corrected chi connectivity index (χ3v) is 6.31. The monoisotopic (exact) mass is 459 g/mol. The van der Waals surface area contributed by atoms with Gasteiger partial charge in [0.1, 0.15) is 17.6 Å². The Kier molecular flexibility index (Phi) is 5.37. The fourth-order valence-electron chi connectivity index (χ4n) is 4.61. The molecule has 3 atom stereocenters. The molecule has 2 heterocycles. The molecule has 3 amide bonds. The second-order valence-corrected chi connectivity index (χ2v) is 8.35. The van der Waals surface area contributed by atoms with Gasteiger partial charge in [0.2, 0.25) is 5.91 Å². The molecule has 0 aromatic heterocycles. The lowest BCUT2D eigenvalue weighted by atomic mass is 9.91. The Labute approximate surface area is 195 Å². The number of nitrogens with zero attached hydrogens (tertiary/aromatic N) is 2. The van der Waals surface area contributed by atoms with Gasteiger partial charge >= 0.3 is 0 Å². The average molecular weight is 459 g/mol. The second kappa shape index (κ2) is 8.39. The molecule has 1 N–H and O–H groups in total. The summed E-state index contributed by atoms with van der Waals surface area (Å²) in [4.78, 5) is 41.8. The number of methoxy groups -OCH3 is 1. The second-order valence-electron chi connectivity index (χ2n) is 8.35. The van der Waals surface area contributed by atoms with Crippen LogP contribution in [0.3, 0.4) is 0 Å². The lowest BCUT2D eigenvalue weighted by Gasteiger charge is -2.25. The van der Waals surface area contributed by atoms with Gasteiger partial charge in [-0.1, -0.05) is 42.0 Å². The highest BCUT2D eigenvalue weighted by atomic mass is 19.1. The van der Waals surface area contributed by atoms with E-state index in [9.17, 15) is 18.8 Å². The van der Waals surface area contributed by atoms with Crippen LogP contribution < -0.4 is 15.1 Å². The van der Waals surface area contributed by atoms with Crippen LogP contribution in [0.15, 0.2) is 72.8 Å². The van der Waals surface area contributed by atoms with Gasteiger partial charge < -0.3 is 4.74 Å². The van der Waals surface area contributed by atoms with E-state index in [1.54, 1.807) is 60.7 Å². The van der Waals surface area contributed by atoms with Crippen LogP contribution in [0, 0.1) is 18.7 Å². The van der Waals surface area contributed by atoms with Crippen LogP contribution in [0.2, 0.25) is 0 Å². The zero-order valence-corrected chi connectivity index (χ0v) is 18.6. The number of hydrogen-bond donors (Lipinski definition) is 1. The summed E-state index contributed by atoms with van der Waals surface area (Å²) < 4.78 is 18.9. The Bertz CT molecular complexity index is 1280. The van der Waals surface area contributed by atoms with Gasteiger partial charge in [0, 0.05) is 5.56 Å². The van der Waals surface area contributed by atoms with E-state index in [1.807, 2.05) is 6.92 Å². The first kappa shape index (κ1) is 21.8. The number of rotatable bonds is 4. The van der Waals surface area contributed by atoms with Crippen molar-refractivity contribution in [3.63, 3.8) is 0 Å². The van der Waals surface area contributed by atoms with Gasteiger partial charge in [-0.25, -0.2) is 14.7 Å². The summed E-state index contributed by atoms with van der Waals surface area (Å²) in [7, 11) is 1.46. The predicted octanol–water partition coefficient (Wildman–Crippen LogP) is 3.40. The largest absolute Gasteiger partial charge is 0.495 e. The standard InChI is InChI=1S/C26H22FN3O4/c1-15-7-9-17(10-8-15)24(31)30-23-21(22(28-30)16-11-13-18(27)14-12-16)25(32)29(26(23)33)19-5-3-4-6-20(19)34-2/h3-14,21-23,28H,1-2H3/t21-,22+,23-/m1/s1. The molecule has 2 fully saturated rings. The first-order valence-electron chi connectivity index (χ1n) is 10.8. The zero-order chi connectivity index (χ0) is 24.0. The number of carbonyl (C=O) groups is 3. The number of ether oxygens (including phenoxy) is 1. The van der Waals surface area contributed by atoms with Crippen LogP contribution in [-0.4, -0.2) is 35.9 Å². The third kappa shape index (κ3) is 3.43.